The van der Waals surface area contributed by atoms with E-state index in [0.29, 0.717) is 31.0 Å². The average Bonchev–Trinajstić information content (AvgIpc) is 2.95. The standard InChI is InChI=1S/C17H16FN3O2/c1-11-15(8-14(9-19)23-11)17(22)21-6-5-20-16(10-21)12-3-2-4-13(18)7-12/h2-4,7-8,16,20H,5-6,10H2,1H3. The number of carbonyl (C=O) groups is 1. The second-order valence-electron chi connectivity index (χ2n) is 5.51. The summed E-state index contributed by atoms with van der Waals surface area (Å²) in [6, 6.07) is 9.61. The fourth-order valence-electron chi connectivity index (χ4n) is 2.80. The lowest BCUT2D eigenvalue weighted by Crippen LogP contribution is -2.48. The predicted octanol–water partition coefficient (Wildman–Crippen LogP) is 2.39. The van der Waals surface area contributed by atoms with Gasteiger partial charge >= 0.3 is 0 Å². The van der Waals surface area contributed by atoms with Crippen LogP contribution in [0, 0.1) is 24.1 Å². The average molecular weight is 313 g/mol. The minimum Gasteiger partial charge on any atom is -0.450 e. The molecule has 1 amide bonds. The third-order valence-corrected chi connectivity index (χ3v) is 3.97. The summed E-state index contributed by atoms with van der Waals surface area (Å²) in [5.41, 5.74) is 1.21. The zero-order valence-electron chi connectivity index (χ0n) is 12.7. The highest BCUT2D eigenvalue weighted by atomic mass is 19.1. The molecule has 118 valence electrons. The molecule has 6 heteroatoms. The Hall–Kier alpha value is -2.65. The summed E-state index contributed by atoms with van der Waals surface area (Å²) in [7, 11) is 0. The van der Waals surface area contributed by atoms with Gasteiger partial charge < -0.3 is 14.6 Å². The molecule has 3 rings (SSSR count). The van der Waals surface area contributed by atoms with Gasteiger partial charge in [-0.15, -0.1) is 0 Å². The van der Waals surface area contributed by atoms with Crippen molar-refractivity contribution in [1.82, 2.24) is 10.2 Å². The van der Waals surface area contributed by atoms with E-state index in [2.05, 4.69) is 5.32 Å². The summed E-state index contributed by atoms with van der Waals surface area (Å²) in [6.07, 6.45) is 0. The van der Waals surface area contributed by atoms with E-state index in [1.54, 1.807) is 17.9 Å². The van der Waals surface area contributed by atoms with Crippen molar-refractivity contribution in [3.63, 3.8) is 0 Å². The van der Waals surface area contributed by atoms with Gasteiger partial charge in [-0.1, -0.05) is 12.1 Å². The van der Waals surface area contributed by atoms with E-state index < -0.39 is 0 Å². The highest BCUT2D eigenvalue weighted by Crippen LogP contribution is 2.22. The maximum absolute atomic E-state index is 13.4. The van der Waals surface area contributed by atoms with Gasteiger partial charge in [-0.3, -0.25) is 4.79 Å². The summed E-state index contributed by atoms with van der Waals surface area (Å²) in [4.78, 5) is 14.3. The monoisotopic (exact) mass is 313 g/mol. The zero-order valence-corrected chi connectivity index (χ0v) is 12.7. The van der Waals surface area contributed by atoms with Crippen LogP contribution < -0.4 is 5.32 Å². The number of furan rings is 1. The summed E-state index contributed by atoms with van der Waals surface area (Å²) in [6.45, 7) is 3.28. The fourth-order valence-corrected chi connectivity index (χ4v) is 2.80. The molecule has 0 spiro atoms. The summed E-state index contributed by atoms with van der Waals surface area (Å²) in [5.74, 6) is 0.0998. The molecule has 0 radical (unpaired) electrons. The Morgan fingerprint density at radius 1 is 1.48 bits per heavy atom. The molecule has 1 saturated heterocycles. The fraction of sp³-hybridized carbons (Fsp3) is 0.294. The van der Waals surface area contributed by atoms with Gasteiger partial charge in [0, 0.05) is 25.7 Å². The molecule has 2 heterocycles. The number of rotatable bonds is 2. The number of piperazine rings is 1. The smallest absolute Gasteiger partial charge is 0.257 e. The topological polar surface area (TPSA) is 69.3 Å². The molecule has 1 aliphatic rings. The van der Waals surface area contributed by atoms with Gasteiger partial charge in [0.2, 0.25) is 5.76 Å². The highest BCUT2D eigenvalue weighted by Gasteiger charge is 2.27. The summed E-state index contributed by atoms with van der Waals surface area (Å²) >= 11 is 0. The number of hydrogen-bond donors (Lipinski definition) is 1. The number of hydrogen-bond acceptors (Lipinski definition) is 4. The maximum atomic E-state index is 13.4. The van der Waals surface area contributed by atoms with Crippen molar-refractivity contribution in [3.8, 4) is 6.07 Å². The van der Waals surface area contributed by atoms with Gasteiger partial charge in [-0.05, 0) is 24.6 Å². The summed E-state index contributed by atoms with van der Waals surface area (Å²) < 4.78 is 18.6. The van der Waals surface area contributed by atoms with Crippen LogP contribution in [-0.4, -0.2) is 30.4 Å². The van der Waals surface area contributed by atoms with Gasteiger partial charge in [-0.25, -0.2) is 4.39 Å². The molecule has 2 aromatic rings. The third-order valence-electron chi connectivity index (χ3n) is 3.97. The quantitative estimate of drug-likeness (QED) is 0.924. The van der Waals surface area contributed by atoms with Gasteiger partial charge in [0.05, 0.1) is 11.6 Å². The van der Waals surface area contributed by atoms with E-state index >= 15 is 0 Å². The van der Waals surface area contributed by atoms with Crippen molar-refractivity contribution < 1.29 is 13.6 Å². The van der Waals surface area contributed by atoms with Crippen molar-refractivity contribution in [2.75, 3.05) is 19.6 Å². The minimum absolute atomic E-state index is 0.119. The molecule has 1 fully saturated rings. The SMILES string of the molecule is Cc1oc(C#N)cc1C(=O)N1CCNC(c2cccc(F)c2)C1. The largest absolute Gasteiger partial charge is 0.450 e. The normalized spacial score (nSPS) is 17.8. The van der Waals surface area contributed by atoms with Crippen molar-refractivity contribution in [3.05, 3.63) is 58.8 Å². The van der Waals surface area contributed by atoms with Gasteiger partial charge in [0.25, 0.3) is 5.91 Å². The van der Waals surface area contributed by atoms with Crippen LogP contribution in [-0.2, 0) is 0 Å². The number of aryl methyl sites for hydroxylation is 1. The lowest BCUT2D eigenvalue weighted by Gasteiger charge is -2.34. The molecule has 0 aliphatic carbocycles. The van der Waals surface area contributed by atoms with Crippen LogP contribution in [0.25, 0.3) is 0 Å². The van der Waals surface area contributed by atoms with Crippen LogP contribution in [0.15, 0.2) is 34.7 Å². The van der Waals surface area contributed by atoms with Crippen LogP contribution in [0.2, 0.25) is 0 Å². The first-order chi connectivity index (χ1) is 11.1. The number of benzene rings is 1. The van der Waals surface area contributed by atoms with Crippen LogP contribution >= 0.6 is 0 Å². The lowest BCUT2D eigenvalue weighted by atomic mass is 10.0. The summed E-state index contributed by atoms with van der Waals surface area (Å²) in [5, 5.41) is 12.2. The number of nitrogens with one attached hydrogen (secondary N) is 1. The molecule has 1 atom stereocenters. The van der Waals surface area contributed by atoms with Gasteiger partial charge in [0.1, 0.15) is 17.6 Å². The number of amides is 1. The van der Waals surface area contributed by atoms with E-state index in [0.717, 1.165) is 5.56 Å². The Kier molecular flexibility index (Phi) is 4.13. The Morgan fingerprint density at radius 3 is 3.00 bits per heavy atom. The van der Waals surface area contributed by atoms with E-state index in [1.165, 1.54) is 18.2 Å². The van der Waals surface area contributed by atoms with Crippen molar-refractivity contribution in [2.24, 2.45) is 0 Å². The third kappa shape index (κ3) is 3.10. The van der Waals surface area contributed by atoms with E-state index in [9.17, 15) is 9.18 Å². The first-order valence-electron chi connectivity index (χ1n) is 7.37. The molecule has 1 unspecified atom stereocenters. The Bertz CT molecular complexity index is 778. The number of carbonyl (C=O) groups excluding carboxylic acids is 1. The molecule has 1 aromatic carbocycles. The number of halogens is 1. The minimum atomic E-state index is -0.294. The van der Waals surface area contributed by atoms with Gasteiger partial charge in [-0.2, -0.15) is 5.26 Å². The Balaban J connectivity index is 1.79. The second kappa shape index (κ2) is 6.23. The predicted molar refractivity (Wildman–Crippen MR) is 81.2 cm³/mol. The van der Waals surface area contributed by atoms with Crippen LogP contribution in [0.5, 0.6) is 0 Å². The first kappa shape index (κ1) is 15.3. The second-order valence-corrected chi connectivity index (χ2v) is 5.51. The molecular weight excluding hydrogens is 297 g/mol. The van der Waals surface area contributed by atoms with Crippen LogP contribution in [0.4, 0.5) is 4.39 Å². The molecule has 1 N–H and O–H groups in total. The van der Waals surface area contributed by atoms with E-state index in [-0.39, 0.29) is 23.5 Å². The molecule has 23 heavy (non-hydrogen) atoms. The van der Waals surface area contributed by atoms with Crippen molar-refractivity contribution in [1.29, 1.82) is 5.26 Å². The van der Waals surface area contributed by atoms with Crippen molar-refractivity contribution >= 4 is 5.91 Å². The molecule has 1 aliphatic heterocycles. The van der Waals surface area contributed by atoms with Gasteiger partial charge in [0.15, 0.2) is 0 Å². The van der Waals surface area contributed by atoms with E-state index in [4.69, 9.17) is 9.68 Å². The lowest BCUT2D eigenvalue weighted by molar-refractivity contribution is 0.0701. The first-order valence-corrected chi connectivity index (χ1v) is 7.37. The Labute approximate surface area is 133 Å². The molecule has 1 aromatic heterocycles. The molecule has 5 nitrogen and oxygen atoms in total. The molecule has 0 saturated carbocycles. The number of nitrogens with zero attached hydrogens (tertiary/aromatic N) is 2. The van der Waals surface area contributed by atoms with Crippen LogP contribution in [0.3, 0.4) is 0 Å². The van der Waals surface area contributed by atoms with Crippen LogP contribution in [0.1, 0.15) is 33.5 Å². The Morgan fingerprint density at radius 2 is 2.30 bits per heavy atom. The van der Waals surface area contributed by atoms with Crippen molar-refractivity contribution in [2.45, 2.75) is 13.0 Å². The maximum Gasteiger partial charge on any atom is 0.257 e. The number of nitriles is 1. The zero-order chi connectivity index (χ0) is 16.4. The van der Waals surface area contributed by atoms with E-state index in [1.807, 2.05) is 12.1 Å². The molecular formula is C17H16FN3O2. The highest BCUT2D eigenvalue weighted by molar-refractivity contribution is 5.95. The molecule has 0 bridgehead atoms.